The number of amides is 2. The third kappa shape index (κ3) is 5.37. The molecule has 1 aromatic carbocycles. The van der Waals surface area contributed by atoms with Crippen LogP contribution in [0.2, 0.25) is 0 Å². The molecule has 0 spiro atoms. The highest BCUT2D eigenvalue weighted by molar-refractivity contribution is 7.99. The molecule has 2 aliphatic rings. The summed E-state index contributed by atoms with van der Waals surface area (Å²) in [7, 11) is 1.59. The van der Waals surface area contributed by atoms with E-state index in [1.807, 2.05) is 0 Å². The summed E-state index contributed by atoms with van der Waals surface area (Å²) in [5.41, 5.74) is 0.573. The van der Waals surface area contributed by atoms with Gasteiger partial charge < -0.3 is 19.7 Å². The summed E-state index contributed by atoms with van der Waals surface area (Å²) in [5, 5.41) is 2.99. The van der Waals surface area contributed by atoms with E-state index in [1.54, 1.807) is 48.0 Å². The number of rotatable bonds is 7. The van der Waals surface area contributed by atoms with Crippen LogP contribution in [0.1, 0.15) is 16.8 Å². The first-order valence-electron chi connectivity index (χ1n) is 9.29. The molecule has 0 saturated carbocycles. The number of benzene rings is 1. The molecular weight excluding hydrogens is 366 g/mol. The predicted molar refractivity (Wildman–Crippen MR) is 105 cm³/mol. The lowest BCUT2D eigenvalue weighted by atomic mass is 10.1. The van der Waals surface area contributed by atoms with Crippen LogP contribution in [0.4, 0.5) is 0 Å². The number of nitrogens with zero attached hydrogens (tertiary/aromatic N) is 2. The van der Waals surface area contributed by atoms with Gasteiger partial charge in [0, 0.05) is 31.0 Å². The first-order chi connectivity index (χ1) is 13.2. The van der Waals surface area contributed by atoms with Crippen molar-refractivity contribution in [2.45, 2.75) is 12.5 Å². The Morgan fingerprint density at radius 2 is 2.00 bits per heavy atom. The molecule has 2 saturated heterocycles. The van der Waals surface area contributed by atoms with E-state index >= 15 is 0 Å². The van der Waals surface area contributed by atoms with Crippen molar-refractivity contribution >= 4 is 23.6 Å². The van der Waals surface area contributed by atoms with Gasteiger partial charge in [0.15, 0.2) is 0 Å². The van der Waals surface area contributed by atoms with Crippen molar-refractivity contribution < 1.29 is 19.1 Å². The van der Waals surface area contributed by atoms with Crippen LogP contribution in [0.25, 0.3) is 0 Å². The van der Waals surface area contributed by atoms with Crippen LogP contribution in [0.3, 0.4) is 0 Å². The Morgan fingerprint density at radius 1 is 1.26 bits per heavy atom. The highest BCUT2D eigenvalue weighted by atomic mass is 32.2. The number of hydrogen-bond acceptors (Lipinski definition) is 6. The molecule has 2 amide bonds. The molecule has 2 heterocycles. The third-order valence-electron chi connectivity index (χ3n) is 4.84. The zero-order chi connectivity index (χ0) is 19.1. The molecular formula is C19H27N3O4S. The highest BCUT2D eigenvalue weighted by Gasteiger charge is 2.34. The summed E-state index contributed by atoms with van der Waals surface area (Å²) < 4.78 is 10.5. The fourth-order valence-electron chi connectivity index (χ4n) is 3.22. The molecule has 1 atom stereocenters. The number of carbonyl (C=O) groups is 2. The molecule has 1 unspecified atom stereocenters. The fraction of sp³-hybridized carbons (Fsp3) is 0.579. The van der Waals surface area contributed by atoms with Crippen LogP contribution in [0.5, 0.6) is 5.75 Å². The molecule has 27 heavy (non-hydrogen) atoms. The van der Waals surface area contributed by atoms with Gasteiger partial charge in [-0.1, -0.05) is 0 Å². The van der Waals surface area contributed by atoms with Gasteiger partial charge in [-0.25, -0.2) is 0 Å². The Labute approximate surface area is 164 Å². The number of methoxy groups -OCH3 is 1. The quantitative estimate of drug-likeness (QED) is 0.699. The van der Waals surface area contributed by atoms with Crippen LogP contribution < -0.4 is 10.1 Å². The van der Waals surface area contributed by atoms with Crippen molar-refractivity contribution in [3.05, 3.63) is 29.8 Å². The van der Waals surface area contributed by atoms with Crippen molar-refractivity contribution in [1.29, 1.82) is 0 Å². The van der Waals surface area contributed by atoms with E-state index in [-0.39, 0.29) is 11.8 Å². The molecule has 7 nitrogen and oxygen atoms in total. The van der Waals surface area contributed by atoms with E-state index in [4.69, 9.17) is 9.47 Å². The summed E-state index contributed by atoms with van der Waals surface area (Å²) >= 11 is 1.61. The Kier molecular flexibility index (Phi) is 7.37. The lowest BCUT2D eigenvalue weighted by Crippen LogP contribution is -2.47. The van der Waals surface area contributed by atoms with Gasteiger partial charge >= 0.3 is 0 Å². The Balaban J connectivity index is 1.47. The van der Waals surface area contributed by atoms with Gasteiger partial charge in [0.05, 0.1) is 26.2 Å². The van der Waals surface area contributed by atoms with Gasteiger partial charge in [0.2, 0.25) is 5.91 Å². The lowest BCUT2D eigenvalue weighted by Gasteiger charge is -2.27. The molecule has 0 aromatic heterocycles. The minimum Gasteiger partial charge on any atom is -0.497 e. The summed E-state index contributed by atoms with van der Waals surface area (Å²) in [6.45, 7) is 5.07. The van der Waals surface area contributed by atoms with Gasteiger partial charge in [0.25, 0.3) is 5.91 Å². The van der Waals surface area contributed by atoms with E-state index in [2.05, 4.69) is 10.2 Å². The minimum atomic E-state index is -0.409. The highest BCUT2D eigenvalue weighted by Crippen LogP contribution is 2.24. The summed E-state index contributed by atoms with van der Waals surface area (Å²) in [6.07, 6.45) is 0.901. The molecule has 1 aromatic rings. The zero-order valence-corrected chi connectivity index (χ0v) is 16.5. The number of morpholine rings is 1. The van der Waals surface area contributed by atoms with Crippen LogP contribution in [0.15, 0.2) is 24.3 Å². The molecule has 148 valence electrons. The van der Waals surface area contributed by atoms with E-state index in [1.165, 1.54) is 0 Å². The maximum atomic E-state index is 12.8. The standard InChI is InChI=1S/C19H27N3O4S/c1-25-16-5-3-15(4-6-16)19(24)22-14-27-13-17(22)18(23)20-7-2-8-21-9-11-26-12-10-21/h3-6,17H,2,7-14H2,1H3,(H,20,23). The molecule has 8 heteroatoms. The van der Waals surface area contributed by atoms with Gasteiger partial charge in [-0.2, -0.15) is 0 Å². The molecule has 1 N–H and O–H groups in total. The Morgan fingerprint density at radius 3 is 2.70 bits per heavy atom. The third-order valence-corrected chi connectivity index (χ3v) is 5.85. The van der Waals surface area contributed by atoms with E-state index in [0.29, 0.717) is 29.5 Å². The van der Waals surface area contributed by atoms with Crippen molar-refractivity contribution in [3.63, 3.8) is 0 Å². The van der Waals surface area contributed by atoms with Crippen molar-refractivity contribution in [2.75, 3.05) is 58.1 Å². The van der Waals surface area contributed by atoms with E-state index < -0.39 is 6.04 Å². The fourth-order valence-corrected chi connectivity index (χ4v) is 4.37. The normalized spacial score (nSPS) is 20.5. The molecule has 0 bridgehead atoms. The minimum absolute atomic E-state index is 0.0659. The SMILES string of the molecule is COc1ccc(C(=O)N2CSCC2C(=O)NCCCN2CCOCC2)cc1. The van der Waals surface area contributed by atoms with Gasteiger partial charge in [-0.05, 0) is 37.2 Å². The number of nitrogens with one attached hydrogen (secondary N) is 1. The number of carbonyl (C=O) groups excluding carboxylic acids is 2. The summed E-state index contributed by atoms with van der Waals surface area (Å²) in [6, 6.07) is 6.59. The van der Waals surface area contributed by atoms with Crippen LogP contribution in [-0.2, 0) is 9.53 Å². The largest absolute Gasteiger partial charge is 0.497 e. The van der Waals surface area contributed by atoms with Crippen molar-refractivity contribution in [2.24, 2.45) is 0 Å². The monoisotopic (exact) mass is 393 g/mol. The predicted octanol–water partition coefficient (Wildman–Crippen LogP) is 1.05. The molecule has 3 rings (SSSR count). The maximum absolute atomic E-state index is 12.8. The molecule has 0 aliphatic carbocycles. The lowest BCUT2D eigenvalue weighted by molar-refractivity contribution is -0.124. The van der Waals surface area contributed by atoms with Gasteiger partial charge in [-0.3, -0.25) is 14.5 Å². The number of thioether (sulfide) groups is 1. The smallest absolute Gasteiger partial charge is 0.255 e. The van der Waals surface area contributed by atoms with Gasteiger partial charge in [-0.15, -0.1) is 11.8 Å². The molecule has 2 aliphatic heterocycles. The number of ether oxygens (including phenoxy) is 2. The van der Waals surface area contributed by atoms with Crippen molar-refractivity contribution in [1.82, 2.24) is 15.1 Å². The Bertz CT molecular complexity index is 634. The molecule has 0 radical (unpaired) electrons. The second-order valence-corrected chi connectivity index (χ2v) is 7.62. The second-order valence-electron chi connectivity index (χ2n) is 6.62. The maximum Gasteiger partial charge on any atom is 0.255 e. The van der Waals surface area contributed by atoms with E-state index in [0.717, 1.165) is 39.3 Å². The summed E-state index contributed by atoms with van der Waals surface area (Å²) in [4.78, 5) is 29.3. The van der Waals surface area contributed by atoms with Gasteiger partial charge in [0.1, 0.15) is 11.8 Å². The molecule has 2 fully saturated rings. The first-order valence-corrected chi connectivity index (χ1v) is 10.4. The topological polar surface area (TPSA) is 71.1 Å². The average molecular weight is 394 g/mol. The van der Waals surface area contributed by atoms with E-state index in [9.17, 15) is 9.59 Å². The second kappa shape index (κ2) is 9.96. The van der Waals surface area contributed by atoms with Crippen LogP contribution >= 0.6 is 11.8 Å². The Hall–Kier alpha value is -1.77. The van der Waals surface area contributed by atoms with Crippen LogP contribution in [-0.4, -0.2) is 85.8 Å². The average Bonchev–Trinajstić information content (AvgIpc) is 3.21. The first kappa shape index (κ1) is 20.0. The van der Waals surface area contributed by atoms with Crippen LogP contribution in [0, 0.1) is 0 Å². The summed E-state index contributed by atoms with van der Waals surface area (Å²) in [5.74, 6) is 1.70. The number of hydrogen-bond donors (Lipinski definition) is 1. The zero-order valence-electron chi connectivity index (χ0n) is 15.7. The van der Waals surface area contributed by atoms with Crippen molar-refractivity contribution in [3.8, 4) is 5.75 Å².